The first-order valence-electron chi connectivity index (χ1n) is 7.32. The fourth-order valence-electron chi connectivity index (χ4n) is 3.10. The maximum atomic E-state index is 12.5. The molecule has 1 amide bonds. The summed E-state index contributed by atoms with van der Waals surface area (Å²) < 4.78 is 0. The molecule has 1 aliphatic rings. The SMILES string of the molecule is CC1CCCCC1NC(=O)c1c[nH]c2ccc(N)cc12. The number of nitrogens with one attached hydrogen (secondary N) is 2. The summed E-state index contributed by atoms with van der Waals surface area (Å²) in [4.78, 5) is 15.6. The molecule has 2 atom stereocenters. The number of nitrogen functional groups attached to an aromatic ring is 1. The normalized spacial score (nSPS) is 22.9. The third-order valence-corrected chi connectivity index (χ3v) is 4.38. The van der Waals surface area contributed by atoms with Crippen molar-refractivity contribution >= 4 is 22.5 Å². The zero-order valence-corrected chi connectivity index (χ0v) is 11.8. The lowest BCUT2D eigenvalue weighted by Crippen LogP contribution is -2.41. The van der Waals surface area contributed by atoms with Crippen LogP contribution >= 0.6 is 0 Å². The summed E-state index contributed by atoms with van der Waals surface area (Å²) in [7, 11) is 0. The first-order chi connectivity index (χ1) is 9.65. The number of nitrogens with two attached hydrogens (primary N) is 1. The molecular weight excluding hydrogens is 250 g/mol. The standard InChI is InChI=1S/C16H21N3O/c1-10-4-2-3-5-14(10)19-16(20)13-9-18-15-7-6-11(17)8-12(13)15/h6-10,14,18H,2-5,17H2,1H3,(H,19,20). The topological polar surface area (TPSA) is 70.9 Å². The van der Waals surface area contributed by atoms with Crippen molar-refractivity contribution in [2.45, 2.75) is 38.6 Å². The van der Waals surface area contributed by atoms with Gasteiger partial charge in [0, 0.05) is 28.8 Å². The Labute approximate surface area is 118 Å². The van der Waals surface area contributed by atoms with Gasteiger partial charge in [-0.05, 0) is 37.0 Å². The van der Waals surface area contributed by atoms with E-state index in [9.17, 15) is 4.79 Å². The Hall–Kier alpha value is -1.97. The monoisotopic (exact) mass is 271 g/mol. The molecule has 0 radical (unpaired) electrons. The van der Waals surface area contributed by atoms with Crippen LogP contribution in [0.1, 0.15) is 43.0 Å². The van der Waals surface area contributed by atoms with Gasteiger partial charge in [0.2, 0.25) is 0 Å². The highest BCUT2D eigenvalue weighted by Crippen LogP contribution is 2.25. The smallest absolute Gasteiger partial charge is 0.253 e. The van der Waals surface area contributed by atoms with Crippen molar-refractivity contribution in [3.63, 3.8) is 0 Å². The van der Waals surface area contributed by atoms with Gasteiger partial charge >= 0.3 is 0 Å². The molecule has 2 unspecified atom stereocenters. The van der Waals surface area contributed by atoms with E-state index in [1.54, 1.807) is 6.20 Å². The minimum atomic E-state index is 0.000556. The number of anilines is 1. The largest absolute Gasteiger partial charge is 0.399 e. The molecule has 3 rings (SSSR count). The van der Waals surface area contributed by atoms with Crippen LogP contribution in [0.25, 0.3) is 10.9 Å². The van der Waals surface area contributed by atoms with E-state index in [-0.39, 0.29) is 5.91 Å². The average molecular weight is 271 g/mol. The van der Waals surface area contributed by atoms with Crippen molar-refractivity contribution < 1.29 is 4.79 Å². The number of benzene rings is 1. The number of H-pyrrole nitrogens is 1. The van der Waals surface area contributed by atoms with Crippen LogP contribution in [0, 0.1) is 5.92 Å². The molecule has 1 aromatic heterocycles. The van der Waals surface area contributed by atoms with Gasteiger partial charge in [-0.1, -0.05) is 19.8 Å². The molecule has 1 heterocycles. The predicted molar refractivity (Wildman–Crippen MR) is 81.6 cm³/mol. The summed E-state index contributed by atoms with van der Waals surface area (Å²) in [6, 6.07) is 5.89. The summed E-state index contributed by atoms with van der Waals surface area (Å²) in [6.07, 6.45) is 6.53. The van der Waals surface area contributed by atoms with Crippen LogP contribution in [0.15, 0.2) is 24.4 Å². The van der Waals surface area contributed by atoms with Gasteiger partial charge in [0.25, 0.3) is 5.91 Å². The van der Waals surface area contributed by atoms with Crippen LogP contribution in [0.4, 0.5) is 5.69 Å². The van der Waals surface area contributed by atoms with Crippen molar-refractivity contribution in [3.8, 4) is 0 Å². The van der Waals surface area contributed by atoms with Gasteiger partial charge < -0.3 is 16.0 Å². The number of hydrogen-bond donors (Lipinski definition) is 3. The molecule has 4 heteroatoms. The van der Waals surface area contributed by atoms with Crippen molar-refractivity contribution in [3.05, 3.63) is 30.0 Å². The summed E-state index contributed by atoms with van der Waals surface area (Å²) >= 11 is 0. The van der Waals surface area contributed by atoms with Crippen LogP contribution in [-0.2, 0) is 0 Å². The minimum Gasteiger partial charge on any atom is -0.399 e. The number of aromatic nitrogens is 1. The number of aromatic amines is 1. The molecule has 1 saturated carbocycles. The van der Waals surface area contributed by atoms with E-state index in [0.717, 1.165) is 17.3 Å². The number of amides is 1. The van der Waals surface area contributed by atoms with Crippen molar-refractivity contribution in [1.29, 1.82) is 0 Å². The zero-order chi connectivity index (χ0) is 14.1. The van der Waals surface area contributed by atoms with E-state index in [1.807, 2.05) is 18.2 Å². The van der Waals surface area contributed by atoms with Crippen molar-refractivity contribution in [2.75, 3.05) is 5.73 Å². The highest BCUT2D eigenvalue weighted by molar-refractivity contribution is 6.07. The third kappa shape index (κ3) is 2.38. The first kappa shape index (κ1) is 13.0. The molecule has 106 valence electrons. The Morgan fingerprint density at radius 1 is 1.35 bits per heavy atom. The molecule has 20 heavy (non-hydrogen) atoms. The maximum Gasteiger partial charge on any atom is 0.253 e. The van der Waals surface area contributed by atoms with Gasteiger partial charge in [-0.3, -0.25) is 4.79 Å². The molecule has 0 saturated heterocycles. The third-order valence-electron chi connectivity index (χ3n) is 4.38. The van der Waals surface area contributed by atoms with Crippen LogP contribution in [0.3, 0.4) is 0 Å². The van der Waals surface area contributed by atoms with Crippen LogP contribution in [0.2, 0.25) is 0 Å². The zero-order valence-electron chi connectivity index (χ0n) is 11.8. The summed E-state index contributed by atoms with van der Waals surface area (Å²) in [5.41, 5.74) is 8.12. The predicted octanol–water partition coefficient (Wildman–Crippen LogP) is 3.06. The number of carbonyl (C=O) groups is 1. The summed E-state index contributed by atoms with van der Waals surface area (Å²) in [6.45, 7) is 2.22. The van der Waals surface area contributed by atoms with Crippen LogP contribution < -0.4 is 11.1 Å². The van der Waals surface area contributed by atoms with E-state index >= 15 is 0 Å². The second kappa shape index (κ2) is 5.19. The number of hydrogen-bond acceptors (Lipinski definition) is 2. The quantitative estimate of drug-likeness (QED) is 0.735. The number of fused-ring (bicyclic) bond motifs is 1. The summed E-state index contributed by atoms with van der Waals surface area (Å²) in [5, 5.41) is 4.08. The lowest BCUT2D eigenvalue weighted by molar-refractivity contribution is 0.0912. The van der Waals surface area contributed by atoms with Crippen molar-refractivity contribution in [2.24, 2.45) is 5.92 Å². The Balaban J connectivity index is 1.83. The minimum absolute atomic E-state index is 0.000556. The van der Waals surface area contributed by atoms with E-state index in [2.05, 4.69) is 17.2 Å². The van der Waals surface area contributed by atoms with Gasteiger partial charge in [-0.15, -0.1) is 0 Å². The maximum absolute atomic E-state index is 12.5. The Bertz CT molecular complexity index is 632. The molecule has 4 N–H and O–H groups in total. The lowest BCUT2D eigenvalue weighted by atomic mass is 9.86. The van der Waals surface area contributed by atoms with Gasteiger partial charge in [0.05, 0.1) is 5.56 Å². The molecule has 1 aromatic carbocycles. The Kier molecular flexibility index (Phi) is 3.38. The van der Waals surface area contributed by atoms with E-state index in [1.165, 1.54) is 19.3 Å². The van der Waals surface area contributed by atoms with E-state index in [0.29, 0.717) is 23.2 Å². The molecule has 0 bridgehead atoms. The Morgan fingerprint density at radius 2 is 2.15 bits per heavy atom. The fraction of sp³-hybridized carbons (Fsp3) is 0.438. The van der Waals surface area contributed by atoms with Crippen molar-refractivity contribution in [1.82, 2.24) is 10.3 Å². The molecule has 0 aliphatic heterocycles. The molecule has 2 aromatic rings. The fourth-order valence-corrected chi connectivity index (χ4v) is 3.10. The second-order valence-electron chi connectivity index (χ2n) is 5.85. The van der Waals surface area contributed by atoms with E-state index < -0.39 is 0 Å². The molecule has 4 nitrogen and oxygen atoms in total. The highest BCUT2D eigenvalue weighted by atomic mass is 16.1. The van der Waals surface area contributed by atoms with Gasteiger partial charge in [0.15, 0.2) is 0 Å². The van der Waals surface area contributed by atoms with Crippen LogP contribution in [0.5, 0.6) is 0 Å². The molecule has 1 fully saturated rings. The van der Waals surface area contributed by atoms with Gasteiger partial charge in [-0.2, -0.15) is 0 Å². The van der Waals surface area contributed by atoms with Gasteiger partial charge in [-0.25, -0.2) is 0 Å². The highest BCUT2D eigenvalue weighted by Gasteiger charge is 2.24. The second-order valence-corrected chi connectivity index (χ2v) is 5.85. The van der Waals surface area contributed by atoms with E-state index in [4.69, 9.17) is 5.73 Å². The van der Waals surface area contributed by atoms with Crippen LogP contribution in [-0.4, -0.2) is 16.9 Å². The number of rotatable bonds is 2. The summed E-state index contributed by atoms with van der Waals surface area (Å²) in [5.74, 6) is 0.559. The lowest BCUT2D eigenvalue weighted by Gasteiger charge is -2.29. The molecular formula is C16H21N3O. The number of carbonyl (C=O) groups excluding carboxylic acids is 1. The Morgan fingerprint density at radius 3 is 2.95 bits per heavy atom. The molecule has 1 aliphatic carbocycles. The average Bonchev–Trinajstić information content (AvgIpc) is 2.84. The molecule has 0 spiro atoms. The first-order valence-corrected chi connectivity index (χ1v) is 7.32. The van der Waals surface area contributed by atoms with Gasteiger partial charge in [0.1, 0.15) is 0 Å².